The molecule has 3 heterocycles. The number of carbonyl (C=O) groups excluding carboxylic acids is 2. The monoisotopic (exact) mass is 463 g/mol. The van der Waals surface area contributed by atoms with Crippen molar-refractivity contribution in [3.05, 3.63) is 84.0 Å². The quantitative estimate of drug-likeness (QED) is 0.418. The minimum Gasteiger partial charge on any atom is -0.503 e. The van der Waals surface area contributed by atoms with Crippen LogP contribution < -0.4 is 4.74 Å². The molecule has 1 aromatic carbocycles. The summed E-state index contributed by atoms with van der Waals surface area (Å²) in [6.07, 6.45) is 8.19. The molecule has 0 saturated heterocycles. The lowest BCUT2D eigenvalue weighted by atomic mass is 9.95. The van der Waals surface area contributed by atoms with E-state index in [9.17, 15) is 14.7 Å². The first kappa shape index (κ1) is 23.4. The van der Waals surface area contributed by atoms with Crippen molar-refractivity contribution in [1.82, 2.24) is 14.5 Å². The topological polar surface area (TPSA) is 97.8 Å². The first-order valence-corrected chi connectivity index (χ1v) is 11.5. The van der Waals surface area contributed by atoms with E-state index in [2.05, 4.69) is 18.8 Å². The second kappa shape index (κ2) is 10.4. The number of aromatic nitrogens is 2. The first-order valence-electron chi connectivity index (χ1n) is 11.5. The summed E-state index contributed by atoms with van der Waals surface area (Å²) < 4.78 is 13.1. The summed E-state index contributed by atoms with van der Waals surface area (Å²) in [7, 11) is 0. The summed E-state index contributed by atoms with van der Waals surface area (Å²) >= 11 is 0. The van der Waals surface area contributed by atoms with Crippen LogP contribution in [0.25, 0.3) is 0 Å². The van der Waals surface area contributed by atoms with Crippen LogP contribution in [0.2, 0.25) is 0 Å². The Morgan fingerprint density at radius 3 is 2.79 bits per heavy atom. The highest BCUT2D eigenvalue weighted by atomic mass is 16.5. The van der Waals surface area contributed by atoms with E-state index in [0.29, 0.717) is 43.3 Å². The van der Waals surface area contributed by atoms with Gasteiger partial charge in [-0.1, -0.05) is 26.0 Å². The number of ether oxygens (including phenoxy) is 1. The number of aliphatic hydroxyl groups excluding tert-OH is 1. The van der Waals surface area contributed by atoms with Crippen molar-refractivity contribution < 1.29 is 23.8 Å². The molecule has 34 heavy (non-hydrogen) atoms. The minimum absolute atomic E-state index is 0.0157. The Bertz CT molecular complexity index is 1150. The Morgan fingerprint density at radius 1 is 1.24 bits per heavy atom. The summed E-state index contributed by atoms with van der Waals surface area (Å²) in [5.74, 6) is -0.385. The highest BCUT2D eigenvalue weighted by molar-refractivity contribution is 6.15. The van der Waals surface area contributed by atoms with E-state index in [1.54, 1.807) is 18.6 Å². The van der Waals surface area contributed by atoms with Gasteiger partial charge in [-0.2, -0.15) is 0 Å². The van der Waals surface area contributed by atoms with Crippen LogP contribution in [0.4, 0.5) is 0 Å². The first-order chi connectivity index (χ1) is 16.5. The number of rotatable bonds is 11. The maximum absolute atomic E-state index is 13.3. The van der Waals surface area contributed by atoms with Gasteiger partial charge in [0.05, 0.1) is 30.8 Å². The number of furan rings is 1. The number of aliphatic hydroxyl groups is 1. The molecule has 1 amide bonds. The maximum Gasteiger partial charge on any atom is 0.290 e. The lowest BCUT2D eigenvalue weighted by Crippen LogP contribution is -2.32. The van der Waals surface area contributed by atoms with E-state index in [1.807, 2.05) is 35.0 Å². The molecule has 0 bridgehead atoms. The van der Waals surface area contributed by atoms with E-state index >= 15 is 0 Å². The van der Waals surface area contributed by atoms with Gasteiger partial charge in [0, 0.05) is 25.5 Å². The molecule has 3 aromatic rings. The van der Waals surface area contributed by atoms with Crippen molar-refractivity contribution in [2.75, 3.05) is 13.2 Å². The number of aryl methyl sites for hydroxylation is 1. The van der Waals surface area contributed by atoms with E-state index in [4.69, 9.17) is 9.15 Å². The van der Waals surface area contributed by atoms with Gasteiger partial charge < -0.3 is 23.7 Å². The van der Waals surface area contributed by atoms with Crippen molar-refractivity contribution in [2.45, 2.75) is 39.3 Å². The highest BCUT2D eigenvalue weighted by Gasteiger charge is 2.44. The number of hydrogen-bond donors (Lipinski definition) is 1. The lowest BCUT2D eigenvalue weighted by Gasteiger charge is -2.27. The van der Waals surface area contributed by atoms with Crippen LogP contribution in [0.15, 0.2) is 77.1 Å². The van der Waals surface area contributed by atoms with Gasteiger partial charge in [-0.25, -0.2) is 4.98 Å². The Hall–Kier alpha value is -3.81. The number of hydrogen-bond acceptors (Lipinski definition) is 6. The number of carbonyl (C=O) groups is 2. The zero-order chi connectivity index (χ0) is 24.1. The summed E-state index contributed by atoms with van der Waals surface area (Å²) in [5, 5.41) is 10.8. The molecule has 8 nitrogen and oxygen atoms in total. The third kappa shape index (κ3) is 5.06. The standard InChI is InChI=1S/C26H29N3O5/c1-18(2)9-15-33-20-7-3-6-19(16-20)23-22(24(30)21-8-4-14-34-21)25(31)26(32)29(23)12-5-11-28-13-10-27-17-28/h3-4,6-8,10,13-14,16-18,23,31H,5,9,11-12,15H2,1-2H3. The van der Waals surface area contributed by atoms with Gasteiger partial charge in [0.25, 0.3) is 5.91 Å². The van der Waals surface area contributed by atoms with Crippen LogP contribution in [0, 0.1) is 5.92 Å². The van der Waals surface area contributed by atoms with E-state index in [1.165, 1.54) is 17.2 Å². The van der Waals surface area contributed by atoms with Crippen molar-refractivity contribution >= 4 is 11.7 Å². The Labute approximate surface area is 198 Å². The van der Waals surface area contributed by atoms with Gasteiger partial charge in [0.15, 0.2) is 11.5 Å². The third-order valence-electron chi connectivity index (χ3n) is 5.81. The molecule has 1 aliphatic heterocycles. The van der Waals surface area contributed by atoms with Gasteiger partial charge in [-0.15, -0.1) is 0 Å². The molecule has 0 saturated carbocycles. The Kier molecular flexibility index (Phi) is 7.15. The molecule has 1 unspecified atom stereocenters. The number of benzene rings is 1. The average molecular weight is 464 g/mol. The SMILES string of the molecule is CC(C)CCOc1cccc(C2C(C(=O)c3ccco3)=C(O)C(=O)N2CCCn2ccnc2)c1. The second-order valence-corrected chi connectivity index (χ2v) is 8.73. The van der Waals surface area contributed by atoms with Gasteiger partial charge in [-0.3, -0.25) is 9.59 Å². The van der Waals surface area contributed by atoms with Crippen LogP contribution in [0.1, 0.15) is 48.8 Å². The number of amides is 1. The largest absolute Gasteiger partial charge is 0.503 e. The molecule has 4 rings (SSSR count). The molecule has 0 fully saturated rings. The summed E-state index contributed by atoms with van der Waals surface area (Å²) in [5.41, 5.74) is 0.707. The third-order valence-corrected chi connectivity index (χ3v) is 5.81. The number of imidazole rings is 1. The molecule has 2 aromatic heterocycles. The van der Waals surface area contributed by atoms with Crippen molar-refractivity contribution in [3.63, 3.8) is 0 Å². The highest BCUT2D eigenvalue weighted by Crippen LogP contribution is 2.40. The van der Waals surface area contributed by atoms with Crippen LogP contribution >= 0.6 is 0 Å². The van der Waals surface area contributed by atoms with Gasteiger partial charge in [-0.05, 0) is 48.6 Å². The van der Waals surface area contributed by atoms with Gasteiger partial charge >= 0.3 is 0 Å². The molecule has 0 aliphatic carbocycles. The molecule has 1 atom stereocenters. The fraction of sp³-hybridized carbons (Fsp3) is 0.346. The molecule has 1 N–H and O–H groups in total. The van der Waals surface area contributed by atoms with Crippen molar-refractivity contribution in [2.24, 2.45) is 5.92 Å². The smallest absolute Gasteiger partial charge is 0.290 e. The lowest BCUT2D eigenvalue weighted by molar-refractivity contribution is -0.129. The molecular weight excluding hydrogens is 434 g/mol. The molecule has 0 radical (unpaired) electrons. The molecule has 1 aliphatic rings. The van der Waals surface area contributed by atoms with Crippen LogP contribution in [-0.2, 0) is 11.3 Å². The number of Topliss-reactive ketones (excluding diaryl/α,β-unsaturated/α-hetero) is 1. The molecule has 178 valence electrons. The van der Waals surface area contributed by atoms with E-state index in [-0.39, 0.29) is 11.3 Å². The fourth-order valence-corrected chi connectivity index (χ4v) is 4.03. The van der Waals surface area contributed by atoms with Crippen LogP contribution in [-0.4, -0.2) is 44.4 Å². The Balaban J connectivity index is 1.62. The van der Waals surface area contributed by atoms with E-state index in [0.717, 1.165) is 6.42 Å². The minimum atomic E-state index is -0.749. The van der Waals surface area contributed by atoms with Crippen molar-refractivity contribution in [1.29, 1.82) is 0 Å². The number of nitrogens with zero attached hydrogens (tertiary/aromatic N) is 3. The van der Waals surface area contributed by atoms with Crippen molar-refractivity contribution in [3.8, 4) is 5.75 Å². The predicted octanol–water partition coefficient (Wildman–Crippen LogP) is 4.57. The molecular formula is C26H29N3O5. The van der Waals surface area contributed by atoms with Gasteiger partial charge in [0.2, 0.25) is 5.78 Å². The zero-order valence-corrected chi connectivity index (χ0v) is 19.4. The second-order valence-electron chi connectivity index (χ2n) is 8.73. The normalized spacial score (nSPS) is 16.0. The number of ketones is 1. The van der Waals surface area contributed by atoms with E-state index < -0.39 is 23.5 Å². The molecule has 0 spiro atoms. The van der Waals surface area contributed by atoms with Gasteiger partial charge in [0.1, 0.15) is 5.75 Å². The maximum atomic E-state index is 13.3. The Morgan fingerprint density at radius 2 is 2.09 bits per heavy atom. The zero-order valence-electron chi connectivity index (χ0n) is 19.4. The van der Waals surface area contributed by atoms with Crippen LogP contribution in [0.5, 0.6) is 5.75 Å². The predicted molar refractivity (Wildman–Crippen MR) is 125 cm³/mol. The summed E-state index contributed by atoms with van der Waals surface area (Å²) in [6.45, 7) is 5.83. The van der Waals surface area contributed by atoms with Crippen LogP contribution in [0.3, 0.4) is 0 Å². The fourth-order valence-electron chi connectivity index (χ4n) is 4.03. The molecule has 8 heteroatoms. The average Bonchev–Trinajstić information content (AvgIpc) is 3.57. The summed E-state index contributed by atoms with van der Waals surface area (Å²) in [6, 6.07) is 9.72. The summed E-state index contributed by atoms with van der Waals surface area (Å²) in [4.78, 5) is 31.9.